The van der Waals surface area contributed by atoms with Crippen molar-refractivity contribution >= 4 is 22.5 Å². The Labute approximate surface area is 271 Å². The predicted octanol–water partition coefficient (Wildman–Crippen LogP) is 6.43. The lowest BCUT2D eigenvalue weighted by molar-refractivity contribution is 0.101. The maximum absolute atomic E-state index is 13.8. The molecule has 9 heteroatoms. The molecule has 2 saturated heterocycles. The highest BCUT2D eigenvalue weighted by Crippen LogP contribution is 2.36. The Bertz CT molecular complexity index is 1690. The van der Waals surface area contributed by atoms with Gasteiger partial charge in [-0.3, -0.25) is 4.79 Å². The highest BCUT2D eigenvalue weighted by atomic mass is 16.5. The SMILES string of the molecule is COc1cccc(-c2cc(C(=O)Nc3cc4ccc(OC5CCN(C)CC5)c(C)c4nc3OC3CCN(C)CC3)ccc2OC)c1. The van der Waals surface area contributed by atoms with Crippen LogP contribution in [-0.2, 0) is 0 Å². The number of pyridine rings is 1. The van der Waals surface area contributed by atoms with Gasteiger partial charge in [0.15, 0.2) is 0 Å². The van der Waals surface area contributed by atoms with Crippen LogP contribution in [0.25, 0.3) is 22.0 Å². The lowest BCUT2D eigenvalue weighted by Crippen LogP contribution is -2.36. The molecule has 2 fully saturated rings. The first kappa shape index (κ1) is 31.6. The summed E-state index contributed by atoms with van der Waals surface area (Å²) in [6, 6.07) is 19.1. The number of carbonyl (C=O) groups excluding carboxylic acids is 1. The van der Waals surface area contributed by atoms with Gasteiger partial charge >= 0.3 is 0 Å². The maximum atomic E-state index is 13.8. The van der Waals surface area contributed by atoms with Gasteiger partial charge in [-0.05, 0) is 101 Å². The summed E-state index contributed by atoms with van der Waals surface area (Å²) >= 11 is 0. The summed E-state index contributed by atoms with van der Waals surface area (Å²) in [5.41, 5.74) is 4.50. The van der Waals surface area contributed by atoms with Crippen molar-refractivity contribution < 1.29 is 23.7 Å². The third-order valence-corrected chi connectivity index (χ3v) is 9.15. The zero-order chi connectivity index (χ0) is 32.2. The van der Waals surface area contributed by atoms with Crippen LogP contribution >= 0.6 is 0 Å². The standard InChI is InChI=1S/C37H44N4O5/c1-24-33(45-28-13-17-40(2)18-14-28)11-9-26-23-32(37(39-35(24)26)46-29-15-19-41(3)20-16-29)38-36(42)27-10-12-34(44-5)31(22-27)25-7-6-8-30(21-25)43-4/h6-12,21-23,28-29H,13-20H2,1-5H3,(H,38,42). The number of rotatable bonds is 9. The smallest absolute Gasteiger partial charge is 0.255 e. The van der Waals surface area contributed by atoms with Crippen molar-refractivity contribution in [2.24, 2.45) is 0 Å². The molecule has 0 saturated carbocycles. The van der Waals surface area contributed by atoms with Crippen LogP contribution in [0.15, 0.2) is 60.7 Å². The molecule has 0 unspecified atom stereocenters. The molecule has 3 heterocycles. The summed E-state index contributed by atoms with van der Waals surface area (Å²) in [5, 5.41) is 4.03. The van der Waals surface area contributed by atoms with E-state index in [9.17, 15) is 4.79 Å². The Morgan fingerprint density at radius 1 is 0.804 bits per heavy atom. The van der Waals surface area contributed by atoms with E-state index in [-0.39, 0.29) is 18.1 Å². The van der Waals surface area contributed by atoms with Crippen LogP contribution in [0.5, 0.6) is 23.1 Å². The number of ether oxygens (including phenoxy) is 4. The normalized spacial score (nSPS) is 16.7. The summed E-state index contributed by atoms with van der Waals surface area (Å²) in [6.07, 6.45) is 3.99. The number of piperidine rings is 2. The van der Waals surface area contributed by atoms with Crippen molar-refractivity contribution in [1.82, 2.24) is 14.8 Å². The van der Waals surface area contributed by atoms with Crippen LogP contribution in [0, 0.1) is 6.92 Å². The van der Waals surface area contributed by atoms with Crippen LogP contribution < -0.4 is 24.3 Å². The molecule has 1 amide bonds. The van der Waals surface area contributed by atoms with Crippen molar-refractivity contribution in [3.8, 4) is 34.3 Å². The van der Waals surface area contributed by atoms with Crippen LogP contribution in [-0.4, -0.2) is 87.4 Å². The number of aromatic nitrogens is 1. The van der Waals surface area contributed by atoms with E-state index in [1.54, 1.807) is 20.3 Å². The van der Waals surface area contributed by atoms with E-state index in [0.717, 1.165) is 91.0 Å². The van der Waals surface area contributed by atoms with Gasteiger partial charge in [-0.25, -0.2) is 4.98 Å². The number of fused-ring (bicyclic) bond motifs is 1. The van der Waals surface area contributed by atoms with Gasteiger partial charge in [0.1, 0.15) is 35.1 Å². The fraction of sp³-hybridized carbons (Fsp3) is 0.405. The molecule has 0 atom stereocenters. The Morgan fingerprint density at radius 2 is 1.48 bits per heavy atom. The first-order chi connectivity index (χ1) is 22.3. The summed E-state index contributed by atoms with van der Waals surface area (Å²) < 4.78 is 24.1. The van der Waals surface area contributed by atoms with Gasteiger partial charge in [-0.15, -0.1) is 0 Å². The quantitative estimate of drug-likeness (QED) is 0.228. The van der Waals surface area contributed by atoms with Crippen molar-refractivity contribution in [2.45, 2.75) is 44.8 Å². The number of nitrogens with zero attached hydrogens (tertiary/aromatic N) is 3. The van der Waals surface area contributed by atoms with Crippen molar-refractivity contribution in [3.63, 3.8) is 0 Å². The summed E-state index contributed by atoms with van der Waals surface area (Å²) in [7, 11) is 7.53. The van der Waals surface area contributed by atoms with Gasteiger partial charge < -0.3 is 34.1 Å². The van der Waals surface area contributed by atoms with E-state index in [4.69, 9.17) is 23.9 Å². The highest BCUT2D eigenvalue weighted by Gasteiger charge is 2.24. The Kier molecular flexibility index (Phi) is 9.61. The molecule has 0 bridgehead atoms. The number of likely N-dealkylation sites (tertiary alicyclic amines) is 2. The second kappa shape index (κ2) is 14.0. The van der Waals surface area contributed by atoms with Gasteiger partial charge in [0.2, 0.25) is 5.88 Å². The number of anilines is 1. The Hall–Kier alpha value is -4.34. The second-order valence-corrected chi connectivity index (χ2v) is 12.4. The number of methoxy groups -OCH3 is 2. The zero-order valence-corrected chi connectivity index (χ0v) is 27.5. The fourth-order valence-corrected chi connectivity index (χ4v) is 6.26. The first-order valence-electron chi connectivity index (χ1n) is 16.1. The highest BCUT2D eigenvalue weighted by molar-refractivity contribution is 6.07. The minimum atomic E-state index is -0.264. The molecular weight excluding hydrogens is 580 g/mol. The lowest BCUT2D eigenvalue weighted by atomic mass is 10.0. The summed E-state index contributed by atoms with van der Waals surface area (Å²) in [4.78, 5) is 23.5. The number of aryl methyl sites for hydroxylation is 1. The van der Waals surface area contributed by atoms with Gasteiger partial charge in [0, 0.05) is 48.3 Å². The van der Waals surface area contributed by atoms with E-state index < -0.39 is 0 Å². The largest absolute Gasteiger partial charge is 0.497 e. The van der Waals surface area contributed by atoms with Gasteiger partial charge in [-0.1, -0.05) is 12.1 Å². The van der Waals surface area contributed by atoms with Gasteiger partial charge in [-0.2, -0.15) is 0 Å². The number of carbonyl (C=O) groups is 1. The molecule has 0 aliphatic carbocycles. The fourth-order valence-electron chi connectivity index (χ4n) is 6.26. The maximum Gasteiger partial charge on any atom is 0.255 e. The third-order valence-electron chi connectivity index (χ3n) is 9.15. The predicted molar refractivity (Wildman–Crippen MR) is 182 cm³/mol. The topological polar surface area (TPSA) is 85.4 Å². The average molecular weight is 625 g/mol. The molecule has 9 nitrogen and oxygen atoms in total. The number of nitrogens with one attached hydrogen (secondary N) is 1. The van der Waals surface area contributed by atoms with Crippen LogP contribution in [0.4, 0.5) is 5.69 Å². The van der Waals surface area contributed by atoms with Gasteiger partial charge in [0.05, 0.1) is 19.7 Å². The molecule has 0 spiro atoms. The monoisotopic (exact) mass is 624 g/mol. The molecule has 6 rings (SSSR count). The van der Waals surface area contributed by atoms with E-state index in [1.807, 2.05) is 54.6 Å². The summed E-state index contributed by atoms with van der Waals surface area (Å²) in [5.74, 6) is 2.40. The Morgan fingerprint density at radius 3 is 2.15 bits per heavy atom. The zero-order valence-electron chi connectivity index (χ0n) is 27.5. The number of hydrogen-bond acceptors (Lipinski definition) is 8. The molecule has 1 N–H and O–H groups in total. The van der Waals surface area contributed by atoms with Gasteiger partial charge in [0.25, 0.3) is 5.91 Å². The molecule has 1 aromatic heterocycles. The number of hydrogen-bond donors (Lipinski definition) is 1. The second-order valence-electron chi connectivity index (χ2n) is 12.4. The molecule has 0 radical (unpaired) electrons. The molecule has 2 aliphatic rings. The minimum Gasteiger partial charge on any atom is -0.497 e. The lowest BCUT2D eigenvalue weighted by Gasteiger charge is -2.30. The molecule has 2 aliphatic heterocycles. The van der Waals surface area contributed by atoms with Crippen LogP contribution in [0.2, 0.25) is 0 Å². The molecular formula is C37H44N4O5. The third kappa shape index (κ3) is 7.06. The molecule has 242 valence electrons. The van der Waals surface area contributed by atoms with E-state index >= 15 is 0 Å². The molecule has 3 aromatic carbocycles. The van der Waals surface area contributed by atoms with Crippen molar-refractivity contribution in [2.75, 3.05) is 59.8 Å². The van der Waals surface area contributed by atoms with Crippen LogP contribution in [0.1, 0.15) is 41.6 Å². The van der Waals surface area contributed by atoms with E-state index in [2.05, 4.69) is 36.1 Å². The van der Waals surface area contributed by atoms with E-state index in [0.29, 0.717) is 22.9 Å². The molecule has 4 aromatic rings. The van der Waals surface area contributed by atoms with Crippen molar-refractivity contribution in [1.29, 1.82) is 0 Å². The van der Waals surface area contributed by atoms with Crippen molar-refractivity contribution in [3.05, 3.63) is 71.8 Å². The average Bonchev–Trinajstić information content (AvgIpc) is 3.08. The number of benzene rings is 3. The molecule has 46 heavy (non-hydrogen) atoms. The first-order valence-corrected chi connectivity index (χ1v) is 16.1. The van der Waals surface area contributed by atoms with Crippen LogP contribution in [0.3, 0.4) is 0 Å². The Balaban J connectivity index is 1.32. The summed E-state index contributed by atoms with van der Waals surface area (Å²) in [6.45, 7) is 6.01. The minimum absolute atomic E-state index is 0.0106. The number of amides is 1. The van der Waals surface area contributed by atoms with E-state index in [1.165, 1.54) is 0 Å².